The van der Waals surface area contributed by atoms with Gasteiger partial charge in [-0.3, -0.25) is 24.8 Å². The molecule has 6 unspecified atom stereocenters. The van der Waals surface area contributed by atoms with Gasteiger partial charge in [0.25, 0.3) is 0 Å². The van der Waals surface area contributed by atoms with Gasteiger partial charge >= 0.3 is 0 Å². The molecule has 3 aromatic carbocycles. The number of hydrazone groups is 1. The molecule has 0 bridgehead atoms. The number of aromatic nitrogens is 12. The molecule has 0 spiro atoms. The molecule has 0 amide bonds. The van der Waals surface area contributed by atoms with Crippen LogP contribution in [0.5, 0.6) is 0 Å². The number of pyridine rings is 5. The summed E-state index contributed by atoms with van der Waals surface area (Å²) in [4.78, 5) is 46.9. The van der Waals surface area contributed by atoms with Crippen LogP contribution in [0.1, 0.15) is 274 Å². The quantitative estimate of drug-likeness (QED) is 0.0200. The molecule has 17 nitrogen and oxygen atoms in total. The number of anilines is 1. The third-order valence-corrected chi connectivity index (χ3v) is 21.8. The van der Waals surface area contributed by atoms with Crippen molar-refractivity contribution in [1.82, 2.24) is 58.4 Å². The van der Waals surface area contributed by atoms with Gasteiger partial charge < -0.3 is 38.5 Å². The molecule has 1 aliphatic rings. The van der Waals surface area contributed by atoms with E-state index in [1.807, 2.05) is 135 Å². The van der Waals surface area contributed by atoms with Crippen LogP contribution in [0.25, 0.3) is 55.8 Å². The van der Waals surface area contributed by atoms with Gasteiger partial charge in [0.05, 0.1) is 23.3 Å². The number of hydrogen-bond acceptors (Lipinski definition) is 12. The van der Waals surface area contributed by atoms with Crippen LogP contribution in [0.15, 0.2) is 224 Å². The molecule has 0 saturated carbocycles. The number of benzene rings is 3. The zero-order valence-electron chi connectivity index (χ0n) is 75.2. The van der Waals surface area contributed by atoms with Crippen LogP contribution in [0, 0.1) is 55.2 Å². The van der Waals surface area contributed by atoms with Crippen molar-refractivity contribution in [2.45, 2.75) is 231 Å². The van der Waals surface area contributed by atoms with Crippen molar-refractivity contribution in [3.63, 3.8) is 0 Å². The molecule has 0 aliphatic carbocycles. The molecule has 6 atom stereocenters. The Labute approximate surface area is 807 Å². The van der Waals surface area contributed by atoms with E-state index >= 15 is 0 Å². The number of aliphatic hydroxyl groups is 1. The summed E-state index contributed by atoms with van der Waals surface area (Å²) in [7, 11) is 0. The smallest absolute Gasteiger partial charge is 0.225 e. The zero-order chi connectivity index (χ0) is 85.8. The summed E-state index contributed by atoms with van der Waals surface area (Å²) in [6.07, 6.45) is 36.3. The van der Waals surface area contributed by atoms with E-state index in [0.717, 1.165) is 103 Å². The van der Waals surface area contributed by atoms with E-state index < -0.39 is 0 Å². The van der Waals surface area contributed by atoms with E-state index in [1.54, 1.807) is 53.3 Å². The Bertz CT molecular complexity index is 5390. The minimum atomic E-state index is -0.202. The SMILES string of the molecule is CCC(C)C1=NN(c2ncc(C(C)CC)cn2)[CH-]C1.CCC(C)c1ccc2c(c[c-]n2-c2ccccn2)c1.CCC(C)c1ccnc(-n2[c-]cc3nc(C(CC)C(C)C)ccc32)c1.CCCC(CC)c1ccc(-n2[c-]cc(C(C)(C)C)n2)nc1.O=C(C=C(O)c1ccccc1)c1ccccc1.[C-]#[N+]c1c[c-]n(-c2ccccn2)c1CC(C)(C)C.[Ir].[Ir].[Ir].[Pd].[Pt]. The number of nitrogens with zero attached hydrogens (tertiary/aromatic N) is 15. The monoisotopic (exact) mass is 2470 g/mol. The minimum absolute atomic E-state index is 0. The first-order chi connectivity index (χ1) is 57.2. The maximum absolute atomic E-state index is 11.8. The maximum Gasteiger partial charge on any atom is 0.225 e. The molecule has 11 heterocycles. The van der Waals surface area contributed by atoms with Gasteiger partial charge in [0.2, 0.25) is 11.6 Å². The molecule has 0 fully saturated rings. The van der Waals surface area contributed by atoms with Gasteiger partial charge in [0.15, 0.2) is 5.78 Å². The van der Waals surface area contributed by atoms with E-state index in [9.17, 15) is 9.90 Å². The molecule has 14 rings (SSSR count). The van der Waals surface area contributed by atoms with Crippen LogP contribution in [-0.2, 0) is 114 Å². The van der Waals surface area contributed by atoms with Crippen molar-refractivity contribution < 1.29 is 112 Å². The van der Waals surface area contributed by atoms with Gasteiger partial charge in [-0.05, 0) is 162 Å². The van der Waals surface area contributed by atoms with Crippen LogP contribution in [0.3, 0.4) is 0 Å². The first-order valence-corrected chi connectivity index (χ1v) is 42.5. The number of carbonyl (C=O) groups is 1. The molecule has 22 heteroatoms. The van der Waals surface area contributed by atoms with Gasteiger partial charge in [0, 0.05) is 174 Å². The fourth-order valence-electron chi connectivity index (χ4n) is 13.7. The Morgan fingerprint density at radius 1 is 0.548 bits per heavy atom. The second-order valence-corrected chi connectivity index (χ2v) is 33.2. The van der Waals surface area contributed by atoms with E-state index in [0.29, 0.717) is 64.2 Å². The molecular weight excluding hydrogens is 2350 g/mol. The average molecular weight is 2470 g/mol. The third-order valence-electron chi connectivity index (χ3n) is 21.8. The average Bonchev–Trinajstić information content (AvgIpc) is 1.64. The van der Waals surface area contributed by atoms with E-state index in [4.69, 9.17) is 11.6 Å². The Hall–Kier alpha value is -8.47. The summed E-state index contributed by atoms with van der Waals surface area (Å²) in [5.74, 6) is 7.80. The second-order valence-electron chi connectivity index (χ2n) is 33.2. The fraction of sp³-hybridized carbons (Fsp3) is 0.373. The van der Waals surface area contributed by atoms with Crippen LogP contribution < -0.4 is 5.01 Å². The molecule has 0 saturated heterocycles. The van der Waals surface area contributed by atoms with Crippen LogP contribution in [-0.4, -0.2) is 75.0 Å². The number of rotatable bonds is 24. The van der Waals surface area contributed by atoms with Gasteiger partial charge in [-0.2, -0.15) is 0 Å². The summed E-state index contributed by atoms with van der Waals surface area (Å²) in [5, 5.41) is 22.0. The maximum atomic E-state index is 11.8. The van der Waals surface area contributed by atoms with Crippen molar-refractivity contribution >= 4 is 50.8 Å². The van der Waals surface area contributed by atoms with Crippen LogP contribution in [0.2, 0.25) is 0 Å². The molecule has 124 heavy (non-hydrogen) atoms. The number of carbonyl (C=O) groups excluding carboxylic acids is 1. The van der Waals surface area contributed by atoms with Gasteiger partial charge in [0.1, 0.15) is 12.3 Å². The largest absolute Gasteiger partial charge is 0.507 e. The van der Waals surface area contributed by atoms with Crippen molar-refractivity contribution in [2.24, 2.45) is 22.4 Å². The van der Waals surface area contributed by atoms with Gasteiger partial charge in [-0.15, -0.1) is 36.1 Å². The predicted molar refractivity (Wildman–Crippen MR) is 488 cm³/mol. The van der Waals surface area contributed by atoms with E-state index in [-0.39, 0.29) is 124 Å². The zero-order valence-corrected chi connectivity index (χ0v) is 86.2. The first kappa shape index (κ1) is 108. The molecule has 3 radical (unpaired) electrons. The Balaban J connectivity index is 0.000000311. The fourth-order valence-corrected chi connectivity index (χ4v) is 13.7. The standard InChI is InChI=1S/C22H28N3.C18H26N3.C17H17N2.C15H23N4.C15H16N3.C15H12O2.3Ir.Pd.Pt/c1-6-16(5)17-10-12-23-22(14-17)25-13-11-20-21(25)9-8-19(24-20)18(7-2)15(3)4;1-6-8-14(7-2)15-9-10-17(19-13-15)21-12-11-16(20-21)18(3,4)5;1-3-13(2)14-7-8-16-15(12-14)9-11-19(16)17-6-4-5-10-18-17;1-5-11(3)13-9-16-15(17-10-13)19-8-7-14(18-19)12(4)6-2;1-15(2,3)11-13-12(16-4)8-10-18(13)14-7-5-6-9-17-14;16-14(12-7-3-1-4-8-12)11-15(17)13-9-5-2-6-10-13;;;;;/h8-12,14-16,18H,6-7H2,1-5H3;9-11,13-14H,6-8H2,1-5H3;4-10,12-13H,3H2,1-2H3;8-12H,5-7H2,1-4H3;5-9H,11H2,1-3H3;1-11,16H;;;;;/q5*-1;;;;;;. The summed E-state index contributed by atoms with van der Waals surface area (Å²) < 4.78 is 7.66. The topological polar surface area (TPSA) is 180 Å². The normalized spacial score (nSPS) is 13.0. The Morgan fingerprint density at radius 2 is 1.10 bits per heavy atom. The molecule has 13 aromatic rings. The molecular formula is C102H122Ir3N15O2PdPt-5. The summed E-state index contributed by atoms with van der Waals surface area (Å²) >= 11 is 0. The van der Waals surface area contributed by atoms with Crippen LogP contribution in [0.4, 0.5) is 11.6 Å². The third kappa shape index (κ3) is 30.7. The number of hydrogen-bond donors (Lipinski definition) is 1. The molecule has 1 N–H and O–H groups in total. The summed E-state index contributed by atoms with van der Waals surface area (Å²) in [5.41, 5.74) is 14.9. The molecule has 10 aromatic heterocycles. The number of fused-ring (bicyclic) bond motifs is 2. The summed E-state index contributed by atoms with van der Waals surface area (Å²) in [6.45, 7) is 51.2. The summed E-state index contributed by atoms with van der Waals surface area (Å²) in [6, 6.07) is 56.7. The van der Waals surface area contributed by atoms with Crippen molar-refractivity contribution in [3.8, 4) is 23.3 Å². The second kappa shape index (κ2) is 53.2. The minimum Gasteiger partial charge on any atom is -0.507 e. The van der Waals surface area contributed by atoms with Crippen LogP contribution >= 0.6 is 0 Å². The van der Waals surface area contributed by atoms with Crippen molar-refractivity contribution in [1.29, 1.82) is 0 Å². The Kier molecular flexibility index (Phi) is 46.3. The first-order valence-electron chi connectivity index (χ1n) is 42.5. The number of allylic oxidation sites excluding steroid dienone is 1. The van der Waals surface area contributed by atoms with E-state index in [1.165, 1.54) is 58.0 Å². The Morgan fingerprint density at radius 3 is 1.64 bits per heavy atom. The van der Waals surface area contributed by atoms with Crippen molar-refractivity contribution in [2.75, 3.05) is 5.01 Å². The molecule has 669 valence electrons. The molecule has 1 aliphatic heterocycles. The van der Waals surface area contributed by atoms with Crippen molar-refractivity contribution in [3.05, 3.63) is 312 Å². The number of aliphatic hydroxyl groups excluding tert-OH is 1. The van der Waals surface area contributed by atoms with Gasteiger partial charge in [-0.25, -0.2) is 26.5 Å². The van der Waals surface area contributed by atoms with E-state index in [2.05, 4.69) is 256 Å². The van der Waals surface area contributed by atoms with Gasteiger partial charge in [-0.1, -0.05) is 301 Å². The predicted octanol–water partition coefficient (Wildman–Crippen LogP) is 25.9. The number of ketones is 1.